The van der Waals surface area contributed by atoms with Crippen LogP contribution in [0.5, 0.6) is 0 Å². The number of halogens is 1. The molecule has 4 aliphatic rings. The topological polar surface area (TPSA) is 56.5 Å². The Morgan fingerprint density at radius 1 is 1.03 bits per heavy atom. The van der Waals surface area contributed by atoms with Crippen LogP contribution in [0.25, 0.3) is 20.8 Å². The maximum Gasteiger partial charge on any atom is 0.241 e. The van der Waals surface area contributed by atoms with Crippen molar-refractivity contribution in [3.05, 3.63) is 65.4 Å². The summed E-state index contributed by atoms with van der Waals surface area (Å²) < 4.78 is 30.0. The van der Waals surface area contributed by atoms with Crippen molar-refractivity contribution < 1.29 is 32.4 Å². The van der Waals surface area contributed by atoms with Gasteiger partial charge in [-0.1, -0.05) is 13.8 Å². The Bertz CT molecular complexity index is 1470. The Morgan fingerprint density at radius 2 is 1.77 bits per heavy atom. The zero-order chi connectivity index (χ0) is 24.0. The van der Waals surface area contributed by atoms with Crippen LogP contribution in [0, 0.1) is 0 Å². The molecule has 1 aromatic rings. The minimum absolute atomic E-state index is 0. The normalized spacial score (nSPS) is 16.0. The Kier molecular flexibility index (Phi) is 7.59. The van der Waals surface area contributed by atoms with Crippen molar-refractivity contribution in [2.45, 2.75) is 44.8 Å². The summed E-state index contributed by atoms with van der Waals surface area (Å²) in [5.41, 5.74) is 5.67. The molecule has 0 atom stereocenters. The molecule has 6 nitrogen and oxygen atoms in total. The van der Waals surface area contributed by atoms with Crippen molar-refractivity contribution >= 4 is 37.3 Å². The summed E-state index contributed by atoms with van der Waals surface area (Å²) in [7, 11) is 0.850. The van der Waals surface area contributed by atoms with Crippen molar-refractivity contribution in [2.75, 3.05) is 25.5 Å². The van der Waals surface area contributed by atoms with Crippen molar-refractivity contribution in [3.8, 4) is 10.6 Å². The summed E-state index contributed by atoms with van der Waals surface area (Å²) in [4.78, 5) is 8.43. The van der Waals surface area contributed by atoms with Crippen LogP contribution in [0.4, 0.5) is 5.69 Å². The zero-order valence-corrected chi connectivity index (χ0v) is 24.3. The lowest BCUT2D eigenvalue weighted by Gasteiger charge is -2.20. The van der Waals surface area contributed by atoms with E-state index in [1.165, 1.54) is 25.7 Å². The number of rotatable bonds is 5. The molecule has 186 valence electrons. The lowest BCUT2D eigenvalue weighted by Crippen LogP contribution is -3.00. The molecule has 0 N–H and O–H groups in total. The smallest absolute Gasteiger partial charge is 0.241 e. The molecule has 5 rings (SSSR count). The van der Waals surface area contributed by atoms with Gasteiger partial charge in [-0.3, -0.25) is 4.31 Å². The second-order valence-electron chi connectivity index (χ2n) is 9.13. The van der Waals surface area contributed by atoms with Crippen LogP contribution in [-0.2, 0) is 22.9 Å². The Morgan fingerprint density at radius 3 is 2.43 bits per heavy atom. The van der Waals surface area contributed by atoms with Gasteiger partial charge < -0.3 is 28.9 Å². The number of nitrogens with zero attached hydrogens (tertiary/aromatic N) is 4. The molecule has 0 radical (unpaired) electrons. The molecule has 1 fully saturated rings. The van der Waals surface area contributed by atoms with Gasteiger partial charge in [0.2, 0.25) is 15.4 Å². The van der Waals surface area contributed by atoms with E-state index in [-0.39, 0.29) is 29.2 Å². The van der Waals surface area contributed by atoms with Gasteiger partial charge in [-0.15, -0.1) is 11.3 Å². The van der Waals surface area contributed by atoms with E-state index in [1.54, 1.807) is 23.7 Å². The number of aromatic nitrogens is 1. The number of aryl methyl sites for hydroxylation is 2. The molecule has 2 heterocycles. The molecule has 2 aliphatic heterocycles. The number of hydrogen-bond donors (Lipinski definition) is 0. The lowest BCUT2D eigenvalue weighted by atomic mass is 10.1. The van der Waals surface area contributed by atoms with Gasteiger partial charge in [0.1, 0.15) is 14.1 Å². The lowest BCUT2D eigenvalue weighted by molar-refractivity contribution is -0.00000934. The molecule has 2 aliphatic carbocycles. The average molecular weight is 623 g/mol. The van der Waals surface area contributed by atoms with Gasteiger partial charge >= 0.3 is 0 Å². The third kappa shape index (κ3) is 4.99. The maximum absolute atomic E-state index is 12.7. The van der Waals surface area contributed by atoms with Crippen molar-refractivity contribution in [1.82, 2.24) is 13.9 Å². The van der Waals surface area contributed by atoms with E-state index >= 15 is 0 Å². The second kappa shape index (κ2) is 10.2. The van der Waals surface area contributed by atoms with E-state index in [4.69, 9.17) is 4.98 Å². The molecule has 0 unspecified atom stereocenters. The van der Waals surface area contributed by atoms with Crippen LogP contribution in [0.2, 0.25) is 0 Å². The summed E-state index contributed by atoms with van der Waals surface area (Å²) in [6, 6.07) is 8.84. The predicted octanol–water partition coefficient (Wildman–Crippen LogP) is 1.16. The zero-order valence-electron chi connectivity index (χ0n) is 20.5. The van der Waals surface area contributed by atoms with Crippen molar-refractivity contribution in [2.24, 2.45) is 0 Å². The fraction of sp³-hybridized carbons (Fsp3) is 0.385. The summed E-state index contributed by atoms with van der Waals surface area (Å²) in [5.74, 6) is 0. The monoisotopic (exact) mass is 622 g/mol. The number of benzene rings is 2. The van der Waals surface area contributed by atoms with E-state index in [9.17, 15) is 8.42 Å². The van der Waals surface area contributed by atoms with Crippen LogP contribution in [-0.4, -0.2) is 43.6 Å². The molecule has 0 saturated heterocycles. The maximum atomic E-state index is 12.7. The molecule has 1 saturated carbocycles. The standard InChI is InChI=1S/C26H31N4O2S2.HI/c1-5-18-14-20(28(3)4)16-23-25(18)27-26-19(6-2)15-21(17-24(26)33-23)29-10-7-11-30(13-12-29)34(31,32)22-8-9-22;/h7,11-17,22H,5-6,8-10H2,1-4H3;1H/q+1;/p-1. The molecule has 0 bridgehead atoms. The molecular weight excluding hydrogens is 591 g/mol. The van der Waals surface area contributed by atoms with Crippen molar-refractivity contribution in [1.29, 1.82) is 0 Å². The van der Waals surface area contributed by atoms with Crippen LogP contribution >= 0.6 is 11.3 Å². The predicted molar refractivity (Wildman–Crippen MR) is 142 cm³/mol. The van der Waals surface area contributed by atoms with Crippen LogP contribution in [0.15, 0.2) is 48.9 Å². The SMILES string of the molecule is CCc1cc(=[N+](C)C)cc2sc3cc(N4C=CN(S(=O)(=O)C5CC5)C=CC4)cc(CC)c3nc1-2.[I-]. The molecule has 0 aromatic heterocycles. The first-order valence-corrected chi connectivity index (χ1v) is 14.2. The van der Waals surface area contributed by atoms with E-state index in [0.717, 1.165) is 47.3 Å². The van der Waals surface area contributed by atoms with Gasteiger partial charge in [0.05, 0.1) is 26.0 Å². The average Bonchev–Trinajstić information content (AvgIpc) is 3.68. The highest BCUT2D eigenvalue weighted by Gasteiger charge is 2.38. The van der Waals surface area contributed by atoms with E-state index in [0.29, 0.717) is 6.54 Å². The highest BCUT2D eigenvalue weighted by Crippen LogP contribution is 2.37. The minimum Gasteiger partial charge on any atom is -1.00 e. The number of sulfonamides is 1. The summed E-state index contributed by atoms with van der Waals surface area (Å²) in [6.07, 6.45) is 10.5. The summed E-state index contributed by atoms with van der Waals surface area (Å²) in [6.45, 7) is 4.95. The summed E-state index contributed by atoms with van der Waals surface area (Å²) >= 11 is 1.78. The fourth-order valence-electron chi connectivity index (χ4n) is 4.32. The van der Waals surface area contributed by atoms with Gasteiger partial charge in [-0.25, -0.2) is 18.0 Å². The molecule has 35 heavy (non-hydrogen) atoms. The van der Waals surface area contributed by atoms with E-state index in [2.05, 4.69) is 61.7 Å². The molecule has 1 aromatic carbocycles. The van der Waals surface area contributed by atoms with Gasteiger partial charge in [-0.2, -0.15) is 0 Å². The van der Waals surface area contributed by atoms with Crippen LogP contribution < -0.4 is 38.8 Å². The first-order valence-electron chi connectivity index (χ1n) is 11.9. The fourth-order valence-corrected chi connectivity index (χ4v) is 7.02. The number of anilines is 1. The molecule has 0 amide bonds. The molecule has 0 spiro atoms. The summed E-state index contributed by atoms with van der Waals surface area (Å²) in [5, 5.41) is 0.952. The Hall–Kier alpha value is -1.98. The highest BCUT2D eigenvalue weighted by atomic mass is 127. The first kappa shape index (κ1) is 26.1. The first-order chi connectivity index (χ1) is 16.3. The number of fused-ring (bicyclic) bond motifs is 2. The Balaban J connectivity index is 0.00000289. The minimum atomic E-state index is -3.29. The van der Waals surface area contributed by atoms with Gasteiger partial charge in [0.25, 0.3) is 0 Å². The van der Waals surface area contributed by atoms with E-state index in [1.807, 2.05) is 12.3 Å². The quantitative estimate of drug-likeness (QED) is 0.244. The van der Waals surface area contributed by atoms with Gasteiger partial charge in [0, 0.05) is 43.0 Å². The third-order valence-corrected chi connectivity index (χ3v) is 9.73. The van der Waals surface area contributed by atoms with Crippen molar-refractivity contribution in [3.63, 3.8) is 0 Å². The van der Waals surface area contributed by atoms with Crippen LogP contribution in [0.3, 0.4) is 0 Å². The van der Waals surface area contributed by atoms with E-state index < -0.39 is 10.0 Å². The molecular formula is C26H31IN4O2S2. The van der Waals surface area contributed by atoms with Crippen LogP contribution in [0.1, 0.15) is 37.8 Å². The van der Waals surface area contributed by atoms with Gasteiger partial charge in [0.15, 0.2) is 0 Å². The highest BCUT2D eigenvalue weighted by molar-refractivity contribution is 7.90. The Labute approximate surface area is 228 Å². The number of hydrogen-bond acceptors (Lipinski definition) is 5. The molecule has 9 heteroatoms. The largest absolute Gasteiger partial charge is 1.00 e. The second-order valence-corrected chi connectivity index (χ2v) is 12.3. The third-order valence-electron chi connectivity index (χ3n) is 6.52. The van der Waals surface area contributed by atoms with Gasteiger partial charge in [-0.05, 0) is 55.0 Å².